The Kier molecular flexibility index (Phi) is 5.61. The van der Waals surface area contributed by atoms with Crippen molar-refractivity contribution in [1.29, 1.82) is 0 Å². The average molecular weight is 395 g/mol. The van der Waals surface area contributed by atoms with E-state index >= 15 is 0 Å². The van der Waals surface area contributed by atoms with E-state index in [1.807, 2.05) is 24.3 Å². The van der Waals surface area contributed by atoms with Gasteiger partial charge >= 0.3 is 0 Å². The number of rotatable bonds is 4. The van der Waals surface area contributed by atoms with E-state index in [0.29, 0.717) is 5.56 Å². The van der Waals surface area contributed by atoms with E-state index in [4.69, 9.17) is 9.47 Å². The van der Waals surface area contributed by atoms with Gasteiger partial charge < -0.3 is 14.8 Å². The molecule has 2 heterocycles. The zero-order chi connectivity index (χ0) is 20.4. The molecule has 1 N–H and O–H groups in total. The van der Waals surface area contributed by atoms with Gasteiger partial charge in [-0.1, -0.05) is 29.8 Å². The molecule has 1 fully saturated rings. The lowest BCUT2D eigenvalue weighted by Gasteiger charge is -2.38. The van der Waals surface area contributed by atoms with Crippen LogP contribution in [0.4, 0.5) is 0 Å². The predicted molar refractivity (Wildman–Crippen MR) is 113 cm³/mol. The summed E-state index contributed by atoms with van der Waals surface area (Å²) in [6.45, 7) is 10.6. The first-order valence-electron chi connectivity index (χ1n) is 10.4. The normalized spacial score (nSPS) is 21.1. The molecule has 0 unspecified atom stereocenters. The van der Waals surface area contributed by atoms with Crippen LogP contribution in [0, 0.1) is 6.92 Å². The van der Waals surface area contributed by atoms with Gasteiger partial charge in [0.1, 0.15) is 11.4 Å². The maximum Gasteiger partial charge on any atom is 0.251 e. The number of morpholine rings is 1. The number of aryl methyl sites for hydroxylation is 1. The van der Waals surface area contributed by atoms with Gasteiger partial charge in [0.25, 0.3) is 5.91 Å². The molecule has 2 aliphatic rings. The highest BCUT2D eigenvalue weighted by molar-refractivity contribution is 5.94. The van der Waals surface area contributed by atoms with Crippen LogP contribution in [0.2, 0.25) is 0 Å². The molecule has 0 bridgehead atoms. The van der Waals surface area contributed by atoms with Crippen LogP contribution in [0.1, 0.15) is 53.4 Å². The van der Waals surface area contributed by atoms with Gasteiger partial charge in [0.15, 0.2) is 0 Å². The molecule has 5 nitrogen and oxygen atoms in total. The maximum absolute atomic E-state index is 12.9. The Morgan fingerprint density at radius 1 is 1.14 bits per heavy atom. The van der Waals surface area contributed by atoms with Gasteiger partial charge in [0, 0.05) is 37.2 Å². The Hall–Kier alpha value is -2.37. The Labute approximate surface area is 173 Å². The third kappa shape index (κ3) is 4.80. The second-order valence-corrected chi connectivity index (χ2v) is 8.72. The summed E-state index contributed by atoms with van der Waals surface area (Å²) < 4.78 is 11.5. The molecule has 0 radical (unpaired) electrons. The van der Waals surface area contributed by atoms with Crippen LogP contribution in [0.3, 0.4) is 0 Å². The van der Waals surface area contributed by atoms with Gasteiger partial charge in [-0.25, -0.2) is 0 Å². The van der Waals surface area contributed by atoms with Gasteiger partial charge in [0.2, 0.25) is 0 Å². The van der Waals surface area contributed by atoms with Crippen molar-refractivity contribution in [3.63, 3.8) is 0 Å². The van der Waals surface area contributed by atoms with Gasteiger partial charge in [-0.15, -0.1) is 0 Å². The Morgan fingerprint density at radius 2 is 1.86 bits per heavy atom. The predicted octanol–water partition coefficient (Wildman–Crippen LogP) is 3.86. The summed E-state index contributed by atoms with van der Waals surface area (Å²) >= 11 is 0. The second-order valence-electron chi connectivity index (χ2n) is 8.72. The first-order chi connectivity index (χ1) is 13.9. The summed E-state index contributed by atoms with van der Waals surface area (Å²) in [4.78, 5) is 15.3. The molecule has 1 amide bonds. The molecule has 4 rings (SSSR count). The fourth-order valence-electron chi connectivity index (χ4n) is 4.12. The second kappa shape index (κ2) is 8.17. The van der Waals surface area contributed by atoms with E-state index in [1.165, 1.54) is 11.1 Å². The lowest BCUT2D eigenvalue weighted by atomic mass is 9.88. The van der Waals surface area contributed by atoms with Crippen LogP contribution < -0.4 is 10.1 Å². The summed E-state index contributed by atoms with van der Waals surface area (Å²) in [7, 11) is 0. The molecule has 29 heavy (non-hydrogen) atoms. The van der Waals surface area contributed by atoms with Crippen molar-refractivity contribution in [3.8, 4) is 5.75 Å². The number of benzene rings is 2. The average Bonchev–Trinajstić information content (AvgIpc) is 2.69. The summed E-state index contributed by atoms with van der Waals surface area (Å²) in [6.07, 6.45) is 0.740. The molecule has 1 saturated heterocycles. The molecule has 0 spiro atoms. The minimum Gasteiger partial charge on any atom is -0.487 e. The van der Waals surface area contributed by atoms with Crippen LogP contribution in [0.25, 0.3) is 0 Å². The molecule has 1 atom stereocenters. The molecular formula is C24H30N2O3. The van der Waals surface area contributed by atoms with Crippen molar-refractivity contribution in [2.75, 3.05) is 26.3 Å². The Morgan fingerprint density at radius 3 is 2.59 bits per heavy atom. The number of amides is 1. The van der Waals surface area contributed by atoms with Crippen molar-refractivity contribution in [3.05, 3.63) is 64.7 Å². The summed E-state index contributed by atoms with van der Waals surface area (Å²) in [5, 5.41) is 3.23. The highest BCUT2D eigenvalue weighted by Crippen LogP contribution is 2.40. The van der Waals surface area contributed by atoms with Crippen molar-refractivity contribution in [2.24, 2.45) is 0 Å². The number of fused-ring (bicyclic) bond motifs is 1. The Balaban J connectivity index is 1.45. The highest BCUT2D eigenvalue weighted by atomic mass is 16.5. The molecule has 2 aromatic rings. The van der Waals surface area contributed by atoms with Crippen LogP contribution >= 0.6 is 0 Å². The van der Waals surface area contributed by atoms with E-state index in [-0.39, 0.29) is 17.6 Å². The van der Waals surface area contributed by atoms with Gasteiger partial charge in [-0.3, -0.25) is 9.69 Å². The first kappa shape index (κ1) is 19.9. The fraction of sp³-hybridized carbons (Fsp3) is 0.458. The van der Waals surface area contributed by atoms with Crippen LogP contribution in [0.15, 0.2) is 42.5 Å². The largest absolute Gasteiger partial charge is 0.487 e. The Bertz CT molecular complexity index is 870. The minimum absolute atomic E-state index is 0.0434. The molecule has 154 valence electrons. The van der Waals surface area contributed by atoms with Gasteiger partial charge in [-0.05, 0) is 44.5 Å². The monoisotopic (exact) mass is 394 g/mol. The number of nitrogens with one attached hydrogen (secondary N) is 1. The quantitative estimate of drug-likeness (QED) is 0.856. The summed E-state index contributed by atoms with van der Waals surface area (Å²) in [6, 6.07) is 14.1. The fourth-order valence-corrected chi connectivity index (χ4v) is 4.12. The van der Waals surface area contributed by atoms with Gasteiger partial charge in [-0.2, -0.15) is 0 Å². The number of hydrogen-bond acceptors (Lipinski definition) is 4. The highest BCUT2D eigenvalue weighted by Gasteiger charge is 2.34. The third-order valence-corrected chi connectivity index (χ3v) is 5.65. The molecule has 2 aliphatic heterocycles. The van der Waals surface area contributed by atoms with E-state index in [9.17, 15) is 4.79 Å². The van der Waals surface area contributed by atoms with Crippen molar-refractivity contribution >= 4 is 5.91 Å². The number of carbonyl (C=O) groups excluding carboxylic acids is 1. The molecule has 5 heteroatoms. The standard InChI is InChI=1S/C24H30N2O3/c1-17-4-9-22-20(14-17)21(15-24(2,3)29-22)25-23(27)19-7-5-18(6-8-19)16-26-10-12-28-13-11-26/h4-9,14,21H,10-13,15-16H2,1-3H3,(H,25,27)/t21-/m1/s1. The number of ether oxygens (including phenoxy) is 2. The van der Waals surface area contributed by atoms with E-state index in [0.717, 1.165) is 50.6 Å². The number of hydrogen-bond donors (Lipinski definition) is 1. The van der Waals surface area contributed by atoms with Crippen LogP contribution in [-0.4, -0.2) is 42.7 Å². The van der Waals surface area contributed by atoms with E-state index in [2.05, 4.69) is 49.2 Å². The molecule has 0 saturated carbocycles. The number of nitrogens with zero attached hydrogens (tertiary/aromatic N) is 1. The topological polar surface area (TPSA) is 50.8 Å². The zero-order valence-electron chi connectivity index (χ0n) is 17.5. The van der Waals surface area contributed by atoms with Crippen molar-refractivity contribution in [2.45, 2.75) is 45.4 Å². The van der Waals surface area contributed by atoms with Gasteiger partial charge in [0.05, 0.1) is 19.3 Å². The minimum atomic E-state index is -0.317. The third-order valence-electron chi connectivity index (χ3n) is 5.65. The van der Waals surface area contributed by atoms with Crippen LogP contribution in [0.5, 0.6) is 5.75 Å². The maximum atomic E-state index is 12.9. The molecule has 0 aromatic heterocycles. The molecular weight excluding hydrogens is 364 g/mol. The SMILES string of the molecule is Cc1ccc2c(c1)[C@H](NC(=O)c1ccc(CN3CCOCC3)cc1)CC(C)(C)O2. The first-order valence-corrected chi connectivity index (χ1v) is 10.4. The number of carbonyl (C=O) groups is 1. The zero-order valence-corrected chi connectivity index (χ0v) is 17.5. The van der Waals surface area contributed by atoms with Crippen molar-refractivity contribution < 1.29 is 14.3 Å². The summed E-state index contributed by atoms with van der Waals surface area (Å²) in [5.74, 6) is 0.816. The summed E-state index contributed by atoms with van der Waals surface area (Å²) in [5.41, 5.74) is 3.81. The van der Waals surface area contributed by atoms with Crippen LogP contribution in [-0.2, 0) is 11.3 Å². The lowest BCUT2D eigenvalue weighted by molar-refractivity contribution is 0.0342. The van der Waals surface area contributed by atoms with Crippen molar-refractivity contribution in [1.82, 2.24) is 10.2 Å². The van der Waals surface area contributed by atoms with E-state index < -0.39 is 0 Å². The molecule has 2 aromatic carbocycles. The molecule has 0 aliphatic carbocycles. The lowest BCUT2D eigenvalue weighted by Crippen LogP contribution is -2.41. The van der Waals surface area contributed by atoms with E-state index in [1.54, 1.807) is 0 Å². The smallest absolute Gasteiger partial charge is 0.251 e.